The van der Waals surface area contributed by atoms with Crippen LogP contribution in [0.15, 0.2) is 71.6 Å². The summed E-state index contributed by atoms with van der Waals surface area (Å²) < 4.78 is 28.9. The van der Waals surface area contributed by atoms with Gasteiger partial charge in [-0.05, 0) is 68.5 Å². The number of thiazole rings is 1. The van der Waals surface area contributed by atoms with Crippen LogP contribution in [0, 0.1) is 26.7 Å². The first kappa shape index (κ1) is 25.6. The molecule has 0 atom stereocenters. The minimum absolute atomic E-state index is 0.00432. The Labute approximate surface area is 222 Å². The van der Waals surface area contributed by atoms with Crippen molar-refractivity contribution in [2.24, 2.45) is 5.92 Å². The number of aryl methyl sites for hydroxylation is 3. The number of carbonyl (C=O) groups is 1. The lowest BCUT2D eigenvalue weighted by Gasteiger charge is -2.33. The number of aromatic nitrogens is 1. The zero-order valence-corrected chi connectivity index (χ0v) is 23.0. The number of hydrogen-bond acceptors (Lipinski definition) is 5. The minimum Gasteiger partial charge on any atom is -0.283 e. The molecule has 2 heterocycles. The van der Waals surface area contributed by atoms with Gasteiger partial charge in [0.15, 0.2) is 5.13 Å². The molecule has 1 fully saturated rings. The van der Waals surface area contributed by atoms with Gasteiger partial charge in [0.25, 0.3) is 0 Å². The molecular formula is C29H31N3O3S2. The van der Waals surface area contributed by atoms with Crippen LogP contribution in [0.4, 0.5) is 5.13 Å². The summed E-state index contributed by atoms with van der Waals surface area (Å²) in [5, 5.41) is 0.687. The van der Waals surface area contributed by atoms with E-state index in [1.54, 1.807) is 17.0 Å². The smallest absolute Gasteiger partial charge is 0.243 e. The lowest BCUT2D eigenvalue weighted by molar-refractivity contribution is -0.123. The summed E-state index contributed by atoms with van der Waals surface area (Å²) in [6.07, 6.45) is 0.969. The molecule has 1 aliphatic heterocycles. The number of sulfonamides is 1. The molecule has 0 bridgehead atoms. The van der Waals surface area contributed by atoms with E-state index in [-0.39, 0.29) is 11.8 Å². The molecule has 3 aromatic carbocycles. The highest BCUT2D eigenvalue weighted by Crippen LogP contribution is 2.35. The minimum atomic E-state index is -3.58. The van der Waals surface area contributed by atoms with Gasteiger partial charge in [0.2, 0.25) is 15.9 Å². The van der Waals surface area contributed by atoms with E-state index >= 15 is 0 Å². The summed E-state index contributed by atoms with van der Waals surface area (Å²) in [5.41, 5.74) is 5.28. The van der Waals surface area contributed by atoms with Gasteiger partial charge in [-0.1, -0.05) is 65.4 Å². The molecule has 37 heavy (non-hydrogen) atoms. The predicted octanol–water partition coefficient (Wildman–Crippen LogP) is 5.86. The van der Waals surface area contributed by atoms with Crippen LogP contribution < -0.4 is 4.90 Å². The maximum atomic E-state index is 13.9. The van der Waals surface area contributed by atoms with Gasteiger partial charge in [-0.15, -0.1) is 0 Å². The molecule has 192 valence electrons. The van der Waals surface area contributed by atoms with Gasteiger partial charge in [-0.2, -0.15) is 4.31 Å². The first-order valence-corrected chi connectivity index (χ1v) is 14.8. The van der Waals surface area contributed by atoms with Crippen LogP contribution in [0.1, 0.15) is 35.1 Å². The third-order valence-electron chi connectivity index (χ3n) is 7.22. The van der Waals surface area contributed by atoms with Crippen LogP contribution in [-0.4, -0.2) is 36.7 Å². The average molecular weight is 534 g/mol. The van der Waals surface area contributed by atoms with Crippen molar-refractivity contribution in [3.05, 3.63) is 89.0 Å². The quantitative estimate of drug-likeness (QED) is 0.311. The van der Waals surface area contributed by atoms with Gasteiger partial charge < -0.3 is 0 Å². The second kappa shape index (κ2) is 10.4. The number of nitrogens with zero attached hydrogens (tertiary/aromatic N) is 3. The van der Waals surface area contributed by atoms with Crippen molar-refractivity contribution in [3.63, 3.8) is 0 Å². The second-order valence-electron chi connectivity index (χ2n) is 9.75. The summed E-state index contributed by atoms with van der Waals surface area (Å²) in [6.45, 7) is 7.14. The van der Waals surface area contributed by atoms with E-state index in [4.69, 9.17) is 4.98 Å². The number of hydrogen-bond donors (Lipinski definition) is 0. The number of rotatable bonds is 6. The fraction of sp³-hybridized carbons (Fsp3) is 0.310. The molecule has 1 aromatic heterocycles. The Morgan fingerprint density at radius 3 is 2.32 bits per heavy atom. The van der Waals surface area contributed by atoms with Gasteiger partial charge in [0.1, 0.15) is 0 Å². The molecule has 1 aliphatic rings. The van der Waals surface area contributed by atoms with Crippen LogP contribution in [0.25, 0.3) is 10.2 Å². The molecule has 0 radical (unpaired) electrons. The zero-order valence-electron chi connectivity index (χ0n) is 21.3. The highest BCUT2D eigenvalue weighted by atomic mass is 32.2. The highest BCUT2D eigenvalue weighted by molar-refractivity contribution is 7.89. The molecule has 1 saturated heterocycles. The summed E-state index contributed by atoms with van der Waals surface area (Å²) in [6, 6.07) is 21.0. The van der Waals surface area contributed by atoms with Crippen molar-refractivity contribution in [1.29, 1.82) is 0 Å². The van der Waals surface area contributed by atoms with Crippen LogP contribution in [0.3, 0.4) is 0 Å². The lowest BCUT2D eigenvalue weighted by atomic mass is 9.96. The maximum Gasteiger partial charge on any atom is 0.243 e. The fourth-order valence-corrected chi connectivity index (χ4v) is 7.26. The van der Waals surface area contributed by atoms with E-state index in [2.05, 4.69) is 26.0 Å². The summed E-state index contributed by atoms with van der Waals surface area (Å²) >= 11 is 1.53. The average Bonchev–Trinajstić information content (AvgIpc) is 3.35. The first-order valence-electron chi connectivity index (χ1n) is 12.5. The van der Waals surface area contributed by atoms with E-state index in [1.165, 1.54) is 21.2 Å². The van der Waals surface area contributed by atoms with Crippen LogP contribution in [0.5, 0.6) is 0 Å². The number of fused-ring (bicyclic) bond motifs is 1. The monoisotopic (exact) mass is 533 g/mol. The van der Waals surface area contributed by atoms with Gasteiger partial charge >= 0.3 is 0 Å². The van der Waals surface area contributed by atoms with Crippen LogP contribution in [0.2, 0.25) is 0 Å². The largest absolute Gasteiger partial charge is 0.283 e. The van der Waals surface area contributed by atoms with E-state index in [1.807, 2.05) is 49.4 Å². The number of anilines is 1. The van der Waals surface area contributed by atoms with Crippen LogP contribution in [-0.2, 0) is 21.4 Å². The second-order valence-corrected chi connectivity index (χ2v) is 12.7. The van der Waals surface area contributed by atoms with E-state index in [9.17, 15) is 13.2 Å². The summed E-state index contributed by atoms with van der Waals surface area (Å²) in [5.74, 6) is -0.257. The van der Waals surface area contributed by atoms with Gasteiger partial charge in [-0.3, -0.25) is 9.69 Å². The zero-order chi connectivity index (χ0) is 26.2. The molecule has 6 nitrogen and oxygen atoms in total. The molecule has 4 aromatic rings. The number of benzene rings is 3. The van der Waals surface area contributed by atoms with Crippen molar-refractivity contribution in [2.75, 3.05) is 18.0 Å². The first-order chi connectivity index (χ1) is 17.7. The molecule has 0 spiro atoms. The summed E-state index contributed by atoms with van der Waals surface area (Å²) in [4.78, 5) is 20.9. The Hall–Kier alpha value is -3.07. The molecular weight excluding hydrogens is 502 g/mol. The normalized spacial score (nSPS) is 15.2. The van der Waals surface area contributed by atoms with Gasteiger partial charge in [-0.25, -0.2) is 13.4 Å². The van der Waals surface area contributed by atoms with Crippen molar-refractivity contribution < 1.29 is 13.2 Å². The SMILES string of the molecule is Cc1ccc(S(=O)(=O)N2CCC(C(=O)N(Cc3ccccc3)c3nc4c(C)c(C)ccc4s3)CC2)cc1. The Morgan fingerprint density at radius 1 is 0.973 bits per heavy atom. The lowest BCUT2D eigenvalue weighted by Crippen LogP contribution is -2.44. The highest BCUT2D eigenvalue weighted by Gasteiger charge is 2.35. The maximum absolute atomic E-state index is 13.9. The molecule has 0 unspecified atom stereocenters. The van der Waals surface area contributed by atoms with Crippen molar-refractivity contribution in [2.45, 2.75) is 45.1 Å². The van der Waals surface area contributed by atoms with Crippen LogP contribution >= 0.6 is 11.3 Å². The van der Waals surface area contributed by atoms with Crippen molar-refractivity contribution >= 4 is 42.6 Å². The molecule has 1 amide bonds. The molecule has 0 N–H and O–H groups in total. The van der Waals surface area contributed by atoms with Crippen molar-refractivity contribution in [1.82, 2.24) is 9.29 Å². The van der Waals surface area contributed by atoms with Gasteiger partial charge in [0, 0.05) is 19.0 Å². The Morgan fingerprint density at radius 2 is 1.65 bits per heavy atom. The topological polar surface area (TPSA) is 70.6 Å². The summed E-state index contributed by atoms with van der Waals surface area (Å²) in [7, 11) is -3.58. The number of carbonyl (C=O) groups excluding carboxylic acids is 1. The Balaban J connectivity index is 1.39. The molecule has 0 aliphatic carbocycles. The van der Waals surface area contributed by atoms with E-state index < -0.39 is 10.0 Å². The Kier molecular flexibility index (Phi) is 7.16. The van der Waals surface area contributed by atoms with E-state index in [0.717, 1.165) is 26.9 Å². The standard InChI is InChI=1S/C29H31N3O3S2/c1-20-9-12-25(13-10-20)37(34,35)31-17-15-24(16-18-31)28(33)32(19-23-7-5-4-6-8-23)29-30-27-22(3)21(2)11-14-26(27)36-29/h4-14,24H,15-19H2,1-3H3. The van der Waals surface area contributed by atoms with E-state index in [0.29, 0.717) is 42.5 Å². The molecule has 8 heteroatoms. The molecule has 0 saturated carbocycles. The van der Waals surface area contributed by atoms with Crippen molar-refractivity contribution in [3.8, 4) is 0 Å². The third kappa shape index (κ3) is 5.19. The third-order valence-corrected chi connectivity index (χ3v) is 10.2. The Bertz CT molecular complexity index is 1520. The van der Waals surface area contributed by atoms with Gasteiger partial charge in [0.05, 0.1) is 21.7 Å². The predicted molar refractivity (Wildman–Crippen MR) is 149 cm³/mol. The number of piperidine rings is 1. The fourth-order valence-electron chi connectivity index (χ4n) is 4.76. The molecule has 5 rings (SSSR count). The number of amides is 1.